The predicted molar refractivity (Wildman–Crippen MR) is 80.0 cm³/mol. The lowest BCUT2D eigenvalue weighted by Gasteiger charge is -2.08. The van der Waals surface area contributed by atoms with Crippen LogP contribution in [0.3, 0.4) is 0 Å². The monoisotopic (exact) mass is 297 g/mol. The van der Waals surface area contributed by atoms with E-state index in [0.29, 0.717) is 23.0 Å². The van der Waals surface area contributed by atoms with Crippen molar-refractivity contribution in [2.45, 2.75) is 4.90 Å². The van der Waals surface area contributed by atoms with Gasteiger partial charge in [0.15, 0.2) is 5.65 Å². The van der Waals surface area contributed by atoms with Gasteiger partial charge in [0.2, 0.25) is 0 Å². The van der Waals surface area contributed by atoms with E-state index in [1.165, 1.54) is 18.1 Å². The molecular weight excluding hydrogens is 286 g/mol. The zero-order chi connectivity index (χ0) is 14.7. The maximum Gasteiger partial charge on any atom is 0.181 e. The second kappa shape index (κ2) is 5.81. The first-order chi connectivity index (χ1) is 10.3. The maximum atomic E-state index is 8.64. The Kier molecular flexibility index (Phi) is 3.71. The van der Waals surface area contributed by atoms with E-state index in [4.69, 9.17) is 10.00 Å². The van der Waals surface area contributed by atoms with Gasteiger partial charge in [-0.2, -0.15) is 5.26 Å². The summed E-state index contributed by atoms with van der Waals surface area (Å²) in [7, 11) is 1.61. The number of hydrogen-bond donors (Lipinski definition) is 1. The third kappa shape index (κ3) is 2.66. The summed E-state index contributed by atoms with van der Waals surface area (Å²) >= 11 is 1.46. The number of fused-ring (bicyclic) bond motifs is 1. The summed E-state index contributed by atoms with van der Waals surface area (Å²) in [5, 5.41) is 8.64. The number of imidazole rings is 1. The molecule has 0 aliphatic rings. The molecule has 0 atom stereocenters. The van der Waals surface area contributed by atoms with Crippen molar-refractivity contribution in [3.05, 3.63) is 30.7 Å². The van der Waals surface area contributed by atoms with Gasteiger partial charge < -0.3 is 9.72 Å². The van der Waals surface area contributed by atoms with Gasteiger partial charge in [0.05, 0.1) is 30.7 Å². The normalized spacial score (nSPS) is 10.5. The first-order valence-electron chi connectivity index (χ1n) is 6.15. The molecule has 104 valence electrons. The number of H-pyrrole nitrogens is 1. The molecule has 0 fully saturated rings. The lowest BCUT2D eigenvalue weighted by atomic mass is 10.2. The first-order valence-corrected chi connectivity index (χ1v) is 7.14. The Balaban J connectivity index is 2.03. The molecule has 7 heteroatoms. The van der Waals surface area contributed by atoms with Gasteiger partial charge in [0, 0.05) is 4.90 Å². The second-order valence-corrected chi connectivity index (χ2v) is 5.20. The van der Waals surface area contributed by atoms with E-state index in [1.807, 2.05) is 18.2 Å². The molecule has 0 saturated carbocycles. The highest BCUT2D eigenvalue weighted by atomic mass is 32.2. The Morgan fingerprint density at radius 1 is 1.43 bits per heavy atom. The summed E-state index contributed by atoms with van der Waals surface area (Å²) in [6.45, 7) is 0. The van der Waals surface area contributed by atoms with Crippen LogP contribution in [0.15, 0.2) is 35.6 Å². The average molecular weight is 297 g/mol. The molecule has 2 heterocycles. The van der Waals surface area contributed by atoms with Crippen LogP contribution in [0.5, 0.6) is 5.75 Å². The van der Waals surface area contributed by atoms with Crippen molar-refractivity contribution >= 4 is 22.9 Å². The number of hydrogen-bond acceptors (Lipinski definition) is 6. The highest BCUT2D eigenvalue weighted by Gasteiger charge is 2.12. The van der Waals surface area contributed by atoms with E-state index in [1.54, 1.807) is 13.3 Å². The zero-order valence-corrected chi connectivity index (χ0v) is 12.0. The number of nitriles is 1. The first kappa shape index (κ1) is 13.4. The van der Waals surface area contributed by atoms with E-state index >= 15 is 0 Å². The van der Waals surface area contributed by atoms with Crippen LogP contribution in [0.25, 0.3) is 22.6 Å². The van der Waals surface area contributed by atoms with Crippen molar-refractivity contribution in [3.63, 3.8) is 0 Å². The lowest BCUT2D eigenvalue weighted by molar-refractivity contribution is 0.415. The quantitative estimate of drug-likeness (QED) is 0.745. The van der Waals surface area contributed by atoms with Crippen molar-refractivity contribution in [1.82, 2.24) is 19.9 Å². The van der Waals surface area contributed by atoms with E-state index < -0.39 is 0 Å². The van der Waals surface area contributed by atoms with Gasteiger partial charge in [-0.05, 0) is 18.2 Å². The van der Waals surface area contributed by atoms with Crippen molar-refractivity contribution in [2.24, 2.45) is 0 Å². The van der Waals surface area contributed by atoms with Crippen molar-refractivity contribution in [1.29, 1.82) is 5.26 Å². The smallest absolute Gasteiger partial charge is 0.181 e. The van der Waals surface area contributed by atoms with Gasteiger partial charge in [-0.25, -0.2) is 15.0 Å². The van der Waals surface area contributed by atoms with E-state index in [9.17, 15) is 0 Å². The fourth-order valence-electron chi connectivity index (χ4n) is 1.96. The molecule has 21 heavy (non-hydrogen) atoms. The lowest BCUT2D eigenvalue weighted by Crippen LogP contribution is -1.90. The van der Waals surface area contributed by atoms with Gasteiger partial charge >= 0.3 is 0 Å². The standard InChI is InChI=1S/C14H11N5OS/c1-20-12-6-9(21-5-4-15)2-3-10(12)13-18-11-7-16-8-17-14(11)19-13/h2-3,6-8H,5H2,1H3,(H,16,17,18,19). The number of nitrogens with zero attached hydrogens (tertiary/aromatic N) is 4. The minimum atomic E-state index is 0.405. The molecule has 3 rings (SSSR count). The Morgan fingerprint density at radius 3 is 3.10 bits per heavy atom. The Bertz CT molecular complexity index is 791. The largest absolute Gasteiger partial charge is 0.496 e. The molecule has 2 aromatic heterocycles. The predicted octanol–water partition coefficient (Wildman–Crippen LogP) is 2.64. The fraction of sp³-hybridized carbons (Fsp3) is 0.143. The van der Waals surface area contributed by atoms with E-state index in [-0.39, 0.29) is 0 Å². The molecule has 3 aromatic rings. The minimum Gasteiger partial charge on any atom is -0.496 e. The van der Waals surface area contributed by atoms with E-state index in [0.717, 1.165) is 16.0 Å². The molecule has 0 aliphatic heterocycles. The molecule has 0 bridgehead atoms. The molecule has 0 aliphatic carbocycles. The summed E-state index contributed by atoms with van der Waals surface area (Å²) in [5.74, 6) is 1.78. The number of benzene rings is 1. The minimum absolute atomic E-state index is 0.405. The van der Waals surface area contributed by atoms with Crippen LogP contribution >= 0.6 is 11.8 Å². The van der Waals surface area contributed by atoms with Gasteiger partial charge in [0.25, 0.3) is 0 Å². The van der Waals surface area contributed by atoms with Crippen LogP contribution in [0.1, 0.15) is 0 Å². The van der Waals surface area contributed by atoms with Crippen LogP contribution in [0.2, 0.25) is 0 Å². The van der Waals surface area contributed by atoms with Gasteiger partial charge in [-0.15, -0.1) is 11.8 Å². The summed E-state index contributed by atoms with van der Waals surface area (Å²) in [4.78, 5) is 16.7. The van der Waals surface area contributed by atoms with Crippen LogP contribution < -0.4 is 4.74 Å². The molecular formula is C14H11N5OS. The highest BCUT2D eigenvalue weighted by Crippen LogP contribution is 2.32. The summed E-state index contributed by atoms with van der Waals surface area (Å²) in [6, 6.07) is 7.87. The van der Waals surface area contributed by atoms with Crippen molar-refractivity contribution < 1.29 is 4.74 Å². The third-order valence-electron chi connectivity index (χ3n) is 2.89. The van der Waals surface area contributed by atoms with E-state index in [2.05, 4.69) is 26.0 Å². The average Bonchev–Trinajstić information content (AvgIpc) is 2.96. The molecule has 0 spiro atoms. The number of ether oxygens (including phenoxy) is 1. The number of aromatic amines is 1. The Hall–Kier alpha value is -2.59. The Labute approximate surface area is 125 Å². The maximum absolute atomic E-state index is 8.64. The van der Waals surface area contributed by atoms with Gasteiger partial charge in [-0.3, -0.25) is 0 Å². The molecule has 1 N–H and O–H groups in total. The second-order valence-electron chi connectivity index (χ2n) is 4.15. The summed E-state index contributed by atoms with van der Waals surface area (Å²) in [5.41, 5.74) is 2.24. The topological polar surface area (TPSA) is 87.5 Å². The van der Waals surface area contributed by atoms with Crippen LogP contribution in [-0.4, -0.2) is 32.8 Å². The molecule has 0 amide bonds. The fourth-order valence-corrected chi connectivity index (χ4v) is 2.55. The molecule has 0 unspecified atom stereocenters. The van der Waals surface area contributed by atoms with Crippen LogP contribution in [-0.2, 0) is 0 Å². The molecule has 6 nitrogen and oxygen atoms in total. The molecule has 0 radical (unpaired) electrons. The summed E-state index contributed by atoms with van der Waals surface area (Å²) in [6.07, 6.45) is 3.15. The molecule has 1 aromatic carbocycles. The van der Waals surface area contributed by atoms with Gasteiger partial charge in [0.1, 0.15) is 23.4 Å². The molecule has 0 saturated heterocycles. The third-order valence-corrected chi connectivity index (χ3v) is 3.75. The zero-order valence-electron chi connectivity index (χ0n) is 11.2. The Morgan fingerprint density at radius 2 is 2.33 bits per heavy atom. The number of thioether (sulfide) groups is 1. The number of rotatable bonds is 4. The number of aromatic nitrogens is 4. The van der Waals surface area contributed by atoms with Gasteiger partial charge in [-0.1, -0.05) is 0 Å². The van der Waals surface area contributed by atoms with Crippen LogP contribution in [0.4, 0.5) is 0 Å². The highest BCUT2D eigenvalue weighted by molar-refractivity contribution is 7.99. The number of nitrogens with one attached hydrogen (secondary N) is 1. The van der Waals surface area contributed by atoms with Crippen molar-refractivity contribution in [3.8, 4) is 23.2 Å². The van der Waals surface area contributed by atoms with Crippen molar-refractivity contribution in [2.75, 3.05) is 12.9 Å². The SMILES string of the molecule is COc1cc(SCC#N)ccc1-c1nc2ncncc2[nH]1. The number of methoxy groups -OCH3 is 1. The summed E-state index contributed by atoms with van der Waals surface area (Å²) < 4.78 is 5.42. The van der Waals surface area contributed by atoms with Crippen LogP contribution in [0, 0.1) is 11.3 Å².